The topological polar surface area (TPSA) is 144 Å². The van der Waals surface area contributed by atoms with Gasteiger partial charge in [-0.2, -0.15) is 19.1 Å². The van der Waals surface area contributed by atoms with Crippen LogP contribution in [-0.4, -0.2) is 58.3 Å². The van der Waals surface area contributed by atoms with E-state index in [1.807, 2.05) is 27.7 Å². The van der Waals surface area contributed by atoms with E-state index in [-0.39, 0.29) is 17.7 Å². The molecule has 7 rings (SSSR count). The van der Waals surface area contributed by atoms with Crippen molar-refractivity contribution in [1.82, 2.24) is 34.2 Å². The lowest BCUT2D eigenvalue weighted by Gasteiger charge is -2.50. The molecular formula is C32H32F2N8O3S. The number of ether oxygens (including phenoxy) is 1. The summed E-state index contributed by atoms with van der Waals surface area (Å²) in [7, 11) is 1.69. The highest BCUT2D eigenvalue weighted by atomic mass is 32.2. The smallest absolute Gasteiger partial charge is 0.387 e. The van der Waals surface area contributed by atoms with Gasteiger partial charge in [-0.05, 0) is 65.2 Å². The number of aromatic nitrogens is 5. The third-order valence-electron chi connectivity index (χ3n) is 9.19. The van der Waals surface area contributed by atoms with Gasteiger partial charge in [0.1, 0.15) is 16.0 Å². The number of hydrogen-bond acceptors (Lipinski definition) is 9. The van der Waals surface area contributed by atoms with Crippen molar-refractivity contribution >= 4 is 22.9 Å². The first kappa shape index (κ1) is 30.5. The molecule has 1 saturated carbocycles. The molecule has 238 valence electrons. The molecule has 4 heterocycles. The molecule has 1 aromatic carbocycles. The van der Waals surface area contributed by atoms with Crippen molar-refractivity contribution in [3.05, 3.63) is 71.1 Å². The Morgan fingerprint density at radius 1 is 1.20 bits per heavy atom. The van der Waals surface area contributed by atoms with Gasteiger partial charge in [0.2, 0.25) is 0 Å². The zero-order valence-corrected chi connectivity index (χ0v) is 26.7. The molecular weight excluding hydrogens is 614 g/mol. The van der Waals surface area contributed by atoms with E-state index in [1.54, 1.807) is 53.3 Å². The monoisotopic (exact) mass is 646 g/mol. The van der Waals surface area contributed by atoms with E-state index in [0.29, 0.717) is 58.8 Å². The highest BCUT2D eigenvalue weighted by molar-refractivity contribution is 7.90. The van der Waals surface area contributed by atoms with E-state index in [0.717, 1.165) is 5.56 Å². The van der Waals surface area contributed by atoms with Gasteiger partial charge in [-0.3, -0.25) is 4.79 Å². The van der Waals surface area contributed by atoms with Crippen LogP contribution in [0.5, 0.6) is 5.75 Å². The largest absolute Gasteiger partial charge is 0.598 e. The van der Waals surface area contributed by atoms with Gasteiger partial charge < -0.3 is 14.2 Å². The minimum absolute atomic E-state index is 0.0364. The molecule has 14 heteroatoms. The first-order chi connectivity index (χ1) is 21.7. The standard InChI is InChI=1S/C32H32F2N8O3S/c1-30(2,3)46(44)40-32(14-31(4,15-32)16-35)28-36-12-17(13-37-28)20-9-10-42-26(38-20)24-19-11-21(25(24)39-42)41(5)27(43)18-7-6-8-22(23(18)19)45-29(33)34/h6-10,12-13,19,21,29,40H,11,14-15H2,1-5H3/t19-,21-,31?,32?,46-/m1/s1. The summed E-state index contributed by atoms with van der Waals surface area (Å²) in [5, 5.41) is 14.5. The number of fused-ring (bicyclic) bond motifs is 9. The van der Waals surface area contributed by atoms with Crippen molar-refractivity contribution in [2.24, 2.45) is 5.41 Å². The maximum absolute atomic E-state index is 13.4. The van der Waals surface area contributed by atoms with Crippen molar-refractivity contribution in [1.29, 1.82) is 5.26 Å². The van der Waals surface area contributed by atoms with Crippen molar-refractivity contribution in [3.8, 4) is 23.1 Å². The maximum atomic E-state index is 13.4. The van der Waals surface area contributed by atoms with Crippen LogP contribution >= 0.6 is 0 Å². The zero-order chi connectivity index (χ0) is 32.8. The second-order valence-electron chi connectivity index (χ2n) is 13.6. The lowest BCUT2D eigenvalue weighted by Crippen LogP contribution is -2.61. The number of nitrogens with zero attached hydrogens (tertiary/aromatic N) is 7. The van der Waals surface area contributed by atoms with Crippen LogP contribution in [0.15, 0.2) is 42.9 Å². The van der Waals surface area contributed by atoms with Crippen LogP contribution < -0.4 is 9.46 Å². The number of benzene rings is 1. The summed E-state index contributed by atoms with van der Waals surface area (Å²) in [6.45, 7) is 4.45. The van der Waals surface area contributed by atoms with Gasteiger partial charge in [-0.1, -0.05) is 6.07 Å². The molecule has 46 heavy (non-hydrogen) atoms. The van der Waals surface area contributed by atoms with Gasteiger partial charge in [-0.15, -0.1) is 4.72 Å². The SMILES string of the molecule is CN1C(=O)c2cccc(OC(F)F)c2[C@H]2C[C@@H]1c1nn3ccc(-c4cnc(C5(N[S@+]([O-])C(C)(C)C)CC(C)(C#N)C5)nc4)nc3c12. The van der Waals surface area contributed by atoms with Crippen molar-refractivity contribution in [2.75, 3.05) is 7.05 Å². The van der Waals surface area contributed by atoms with Gasteiger partial charge in [0.15, 0.2) is 11.5 Å². The maximum Gasteiger partial charge on any atom is 0.387 e. The van der Waals surface area contributed by atoms with Gasteiger partial charge in [-0.25, -0.2) is 19.5 Å². The van der Waals surface area contributed by atoms with Crippen LogP contribution in [0.3, 0.4) is 0 Å². The normalized spacial score (nSPS) is 25.9. The minimum Gasteiger partial charge on any atom is -0.598 e. The summed E-state index contributed by atoms with van der Waals surface area (Å²) in [5.41, 5.74) is 2.49. The molecule has 2 aliphatic carbocycles. The Bertz CT molecular complexity index is 1910. The van der Waals surface area contributed by atoms with Gasteiger partial charge in [0.25, 0.3) is 5.91 Å². The van der Waals surface area contributed by atoms with Crippen LogP contribution in [0.2, 0.25) is 0 Å². The Hall–Kier alpha value is -4.19. The molecule has 0 unspecified atom stereocenters. The average molecular weight is 647 g/mol. The van der Waals surface area contributed by atoms with Crippen LogP contribution in [0, 0.1) is 16.7 Å². The molecule has 0 saturated heterocycles. The molecule has 2 bridgehead atoms. The first-order valence-electron chi connectivity index (χ1n) is 14.9. The molecule has 1 fully saturated rings. The third-order valence-corrected chi connectivity index (χ3v) is 10.9. The highest BCUT2D eigenvalue weighted by Gasteiger charge is 2.58. The molecule has 1 N–H and O–H groups in total. The summed E-state index contributed by atoms with van der Waals surface area (Å²) in [5.74, 6) is -0.309. The number of alkyl halides is 2. The predicted octanol–water partition coefficient (Wildman–Crippen LogP) is 5.02. The van der Waals surface area contributed by atoms with E-state index in [4.69, 9.17) is 14.8 Å². The number of amides is 1. The lowest BCUT2D eigenvalue weighted by molar-refractivity contribution is -0.0505. The Labute approximate surface area is 267 Å². The van der Waals surface area contributed by atoms with E-state index >= 15 is 0 Å². The number of nitriles is 1. The summed E-state index contributed by atoms with van der Waals surface area (Å²) in [6.07, 6.45) is 6.37. The molecule has 1 amide bonds. The molecule has 3 atom stereocenters. The molecule has 0 radical (unpaired) electrons. The number of halogens is 2. The number of rotatable bonds is 6. The number of carbonyl (C=O) groups is 1. The van der Waals surface area contributed by atoms with Crippen LogP contribution in [0.1, 0.15) is 91.9 Å². The second-order valence-corrected chi connectivity index (χ2v) is 15.5. The Morgan fingerprint density at radius 2 is 1.91 bits per heavy atom. The van der Waals surface area contributed by atoms with Gasteiger partial charge in [0, 0.05) is 65.2 Å². The lowest BCUT2D eigenvalue weighted by atomic mass is 9.59. The third kappa shape index (κ3) is 4.71. The first-order valence-corrected chi connectivity index (χ1v) is 16.1. The average Bonchev–Trinajstić information content (AvgIpc) is 3.52. The summed E-state index contributed by atoms with van der Waals surface area (Å²) >= 11 is -1.41. The molecule has 1 aliphatic heterocycles. The Morgan fingerprint density at radius 3 is 2.57 bits per heavy atom. The van der Waals surface area contributed by atoms with E-state index < -0.39 is 39.6 Å². The fourth-order valence-electron chi connectivity index (χ4n) is 7.05. The fourth-order valence-corrected chi connectivity index (χ4v) is 7.95. The molecule has 11 nitrogen and oxygen atoms in total. The summed E-state index contributed by atoms with van der Waals surface area (Å²) in [6, 6.07) is 8.41. The predicted molar refractivity (Wildman–Crippen MR) is 164 cm³/mol. The molecule has 4 aromatic rings. The Balaban J connectivity index is 1.28. The van der Waals surface area contributed by atoms with Crippen LogP contribution in [0.25, 0.3) is 16.9 Å². The number of nitrogens with one attached hydrogen (secondary N) is 1. The Kier molecular flexibility index (Phi) is 6.90. The van der Waals surface area contributed by atoms with E-state index in [2.05, 4.69) is 20.8 Å². The van der Waals surface area contributed by atoms with Crippen molar-refractivity contribution < 1.29 is 22.9 Å². The number of carbonyl (C=O) groups excluding carboxylic acids is 1. The summed E-state index contributed by atoms with van der Waals surface area (Å²) < 4.78 is 49.2. The number of hydrogen-bond donors (Lipinski definition) is 1. The highest BCUT2D eigenvalue weighted by Crippen LogP contribution is 2.54. The minimum atomic E-state index is -3.05. The molecule has 3 aliphatic rings. The fraction of sp³-hybridized carbons (Fsp3) is 0.438. The zero-order valence-electron chi connectivity index (χ0n) is 25.9. The quantitative estimate of drug-likeness (QED) is 0.286. The van der Waals surface area contributed by atoms with Crippen LogP contribution in [0.4, 0.5) is 8.78 Å². The second kappa shape index (κ2) is 10.4. The summed E-state index contributed by atoms with van der Waals surface area (Å²) in [4.78, 5) is 29.3. The van der Waals surface area contributed by atoms with Crippen molar-refractivity contribution in [2.45, 2.75) is 75.8 Å². The molecule has 0 spiro atoms. The van der Waals surface area contributed by atoms with Crippen LogP contribution in [-0.2, 0) is 16.9 Å². The van der Waals surface area contributed by atoms with Gasteiger partial charge in [0.05, 0.1) is 28.9 Å². The van der Waals surface area contributed by atoms with Gasteiger partial charge >= 0.3 is 6.61 Å². The molecule has 3 aromatic heterocycles. The van der Waals surface area contributed by atoms with E-state index in [1.165, 1.54) is 6.07 Å². The van der Waals surface area contributed by atoms with E-state index in [9.17, 15) is 23.4 Å². The van der Waals surface area contributed by atoms with Crippen molar-refractivity contribution in [3.63, 3.8) is 0 Å².